The van der Waals surface area contributed by atoms with Crippen molar-refractivity contribution in [2.45, 2.75) is 78.1 Å². The molecule has 0 nitrogen and oxygen atoms in total. The Hall–Kier alpha value is 0.180. The molecule has 0 heterocycles. The summed E-state index contributed by atoms with van der Waals surface area (Å²) < 4.78 is 2.21. The number of allylic oxidation sites excluding steroid dienone is 5. The molecular formula is C18H30Br2. The third-order valence-electron chi connectivity index (χ3n) is 3.36. The zero-order chi connectivity index (χ0) is 15.2. The quantitative estimate of drug-likeness (QED) is 0.227. The van der Waals surface area contributed by atoms with Gasteiger partial charge in [-0.05, 0) is 37.3 Å². The van der Waals surface area contributed by atoms with Gasteiger partial charge in [-0.25, -0.2) is 0 Å². The van der Waals surface area contributed by atoms with Gasteiger partial charge in [0, 0.05) is 8.96 Å². The standard InChI is InChI=1S/C18H30Br2/c1-4-6-8-10-12-14-18(20)15-17(16(3)19)13-11-9-7-5-2/h14-15H,3-13H2,1-2H3/b17-15-,18-14-. The molecule has 0 atom stereocenters. The maximum Gasteiger partial charge on any atom is 0.0138 e. The summed E-state index contributed by atoms with van der Waals surface area (Å²) in [6.45, 7) is 8.53. The molecule has 0 N–H and O–H groups in total. The Morgan fingerprint density at radius 2 is 1.50 bits per heavy atom. The molecule has 0 aromatic carbocycles. The highest BCUT2D eigenvalue weighted by Gasteiger charge is 2.01. The molecule has 0 bridgehead atoms. The van der Waals surface area contributed by atoms with E-state index >= 15 is 0 Å². The third kappa shape index (κ3) is 12.0. The van der Waals surface area contributed by atoms with E-state index in [-0.39, 0.29) is 0 Å². The van der Waals surface area contributed by atoms with E-state index < -0.39 is 0 Å². The first-order valence-electron chi connectivity index (χ1n) is 8.02. The highest BCUT2D eigenvalue weighted by Crippen LogP contribution is 2.25. The molecule has 0 spiro atoms. The molecular weight excluding hydrogens is 376 g/mol. The summed E-state index contributed by atoms with van der Waals surface area (Å²) in [6.07, 6.45) is 17.3. The van der Waals surface area contributed by atoms with E-state index in [1.165, 1.54) is 61.4 Å². The van der Waals surface area contributed by atoms with Crippen molar-refractivity contribution in [2.75, 3.05) is 0 Å². The van der Waals surface area contributed by atoms with Crippen LogP contribution in [0.25, 0.3) is 0 Å². The van der Waals surface area contributed by atoms with Crippen LogP contribution in [0.5, 0.6) is 0 Å². The van der Waals surface area contributed by atoms with Crippen LogP contribution in [0.1, 0.15) is 78.1 Å². The zero-order valence-electron chi connectivity index (χ0n) is 13.2. The van der Waals surface area contributed by atoms with Crippen LogP contribution in [-0.4, -0.2) is 0 Å². The second kappa shape index (κ2) is 14.1. The lowest BCUT2D eigenvalue weighted by atomic mass is 10.1. The Balaban J connectivity index is 4.20. The third-order valence-corrected chi connectivity index (χ3v) is 4.42. The van der Waals surface area contributed by atoms with Crippen molar-refractivity contribution in [3.63, 3.8) is 0 Å². The van der Waals surface area contributed by atoms with Gasteiger partial charge in [0.05, 0.1) is 0 Å². The van der Waals surface area contributed by atoms with Crippen LogP contribution in [0.3, 0.4) is 0 Å². The molecule has 0 aliphatic carbocycles. The first-order chi connectivity index (χ1) is 9.61. The van der Waals surface area contributed by atoms with Crippen LogP contribution in [0.15, 0.2) is 33.3 Å². The predicted molar refractivity (Wildman–Crippen MR) is 101 cm³/mol. The van der Waals surface area contributed by atoms with E-state index in [0.717, 1.165) is 17.3 Å². The molecule has 0 aliphatic heterocycles. The Kier molecular flexibility index (Phi) is 14.3. The van der Waals surface area contributed by atoms with E-state index in [4.69, 9.17) is 0 Å². The number of hydrogen-bond acceptors (Lipinski definition) is 0. The minimum atomic E-state index is 1.02. The smallest absolute Gasteiger partial charge is 0.0138 e. The Labute approximate surface area is 143 Å². The van der Waals surface area contributed by atoms with Crippen molar-refractivity contribution >= 4 is 31.9 Å². The zero-order valence-corrected chi connectivity index (χ0v) is 16.4. The van der Waals surface area contributed by atoms with Gasteiger partial charge >= 0.3 is 0 Å². The largest absolute Gasteiger partial charge is 0.0845 e. The molecule has 20 heavy (non-hydrogen) atoms. The van der Waals surface area contributed by atoms with Crippen molar-refractivity contribution in [3.05, 3.63) is 33.3 Å². The average Bonchev–Trinajstić information content (AvgIpc) is 2.41. The Bertz CT molecular complexity index is 313. The van der Waals surface area contributed by atoms with Crippen molar-refractivity contribution in [3.8, 4) is 0 Å². The summed E-state index contributed by atoms with van der Waals surface area (Å²) >= 11 is 7.19. The summed E-state index contributed by atoms with van der Waals surface area (Å²) in [4.78, 5) is 0. The number of hydrogen-bond donors (Lipinski definition) is 0. The summed E-state index contributed by atoms with van der Waals surface area (Å²) in [5.74, 6) is 0. The minimum absolute atomic E-state index is 1.02. The molecule has 0 fully saturated rings. The molecule has 0 radical (unpaired) electrons. The first kappa shape index (κ1) is 20.2. The molecule has 0 unspecified atom stereocenters. The summed E-state index contributed by atoms with van der Waals surface area (Å²) in [5, 5.41) is 0. The minimum Gasteiger partial charge on any atom is -0.0845 e. The van der Waals surface area contributed by atoms with Crippen molar-refractivity contribution in [1.29, 1.82) is 0 Å². The van der Waals surface area contributed by atoms with Gasteiger partial charge < -0.3 is 0 Å². The molecule has 0 rings (SSSR count). The molecule has 0 aromatic rings. The van der Waals surface area contributed by atoms with Crippen LogP contribution < -0.4 is 0 Å². The lowest BCUT2D eigenvalue weighted by Gasteiger charge is -2.06. The molecule has 116 valence electrons. The average molecular weight is 406 g/mol. The molecule has 2 heteroatoms. The molecule has 0 aromatic heterocycles. The second-order valence-electron chi connectivity index (χ2n) is 5.32. The fourth-order valence-corrected chi connectivity index (χ4v) is 2.88. The van der Waals surface area contributed by atoms with Crippen molar-refractivity contribution in [2.24, 2.45) is 0 Å². The van der Waals surface area contributed by atoms with Crippen molar-refractivity contribution in [1.82, 2.24) is 0 Å². The predicted octanol–water partition coefficient (Wildman–Crippen LogP) is 8.04. The van der Waals surface area contributed by atoms with Gasteiger partial charge in [0.2, 0.25) is 0 Å². The van der Waals surface area contributed by atoms with Gasteiger partial charge in [-0.1, -0.05) is 96.9 Å². The Morgan fingerprint density at radius 1 is 0.900 bits per heavy atom. The first-order valence-corrected chi connectivity index (χ1v) is 9.61. The van der Waals surface area contributed by atoms with E-state index in [0.29, 0.717) is 0 Å². The van der Waals surface area contributed by atoms with Gasteiger partial charge in [-0.2, -0.15) is 0 Å². The molecule has 0 amide bonds. The van der Waals surface area contributed by atoms with E-state index in [9.17, 15) is 0 Å². The Morgan fingerprint density at radius 3 is 2.05 bits per heavy atom. The normalized spacial score (nSPS) is 12.8. The summed E-state index contributed by atoms with van der Waals surface area (Å²) in [7, 11) is 0. The number of halogens is 2. The van der Waals surface area contributed by atoms with Crippen LogP contribution in [0, 0.1) is 0 Å². The molecule has 0 saturated carbocycles. The van der Waals surface area contributed by atoms with Crippen LogP contribution in [-0.2, 0) is 0 Å². The maximum atomic E-state index is 4.03. The second-order valence-corrected chi connectivity index (χ2v) is 7.20. The topological polar surface area (TPSA) is 0 Å². The van der Waals surface area contributed by atoms with Crippen molar-refractivity contribution < 1.29 is 0 Å². The SMILES string of the molecule is C=C(Br)/C(=C\C(Br)=C\CCCCCC)CCCCCC. The van der Waals surface area contributed by atoms with Crippen LogP contribution in [0.2, 0.25) is 0 Å². The number of unbranched alkanes of at least 4 members (excludes halogenated alkanes) is 7. The van der Waals surface area contributed by atoms with E-state index in [1.54, 1.807) is 0 Å². The summed E-state index contributed by atoms with van der Waals surface area (Å²) in [5.41, 5.74) is 1.32. The van der Waals surface area contributed by atoms with E-state index in [2.05, 4.69) is 64.4 Å². The fraction of sp³-hybridized carbons (Fsp3) is 0.667. The van der Waals surface area contributed by atoms with E-state index in [1.807, 2.05) is 0 Å². The van der Waals surface area contributed by atoms with Crippen LogP contribution >= 0.6 is 31.9 Å². The molecule has 0 saturated heterocycles. The van der Waals surface area contributed by atoms with Gasteiger partial charge in [0.25, 0.3) is 0 Å². The number of rotatable bonds is 12. The van der Waals surface area contributed by atoms with Gasteiger partial charge in [-0.15, -0.1) is 0 Å². The van der Waals surface area contributed by atoms with Gasteiger partial charge in [0.1, 0.15) is 0 Å². The van der Waals surface area contributed by atoms with Gasteiger partial charge in [-0.3, -0.25) is 0 Å². The van der Waals surface area contributed by atoms with Crippen LogP contribution in [0.4, 0.5) is 0 Å². The highest BCUT2D eigenvalue weighted by molar-refractivity contribution is 9.12. The molecule has 0 aliphatic rings. The lowest BCUT2D eigenvalue weighted by Crippen LogP contribution is -1.85. The maximum absolute atomic E-state index is 4.03. The lowest BCUT2D eigenvalue weighted by molar-refractivity contribution is 0.667. The van der Waals surface area contributed by atoms with Gasteiger partial charge in [0.15, 0.2) is 0 Å². The summed E-state index contributed by atoms with van der Waals surface area (Å²) in [6, 6.07) is 0. The highest BCUT2D eigenvalue weighted by atomic mass is 79.9. The fourth-order valence-electron chi connectivity index (χ4n) is 2.06. The monoisotopic (exact) mass is 404 g/mol.